The largest absolute Gasteiger partial charge is 0.375 e. The maximum atomic E-state index is 6.57. The molecule has 3 nitrogen and oxygen atoms in total. The Balaban J connectivity index is 2.29. The summed E-state index contributed by atoms with van der Waals surface area (Å²) in [5.41, 5.74) is 7.47. The molecule has 1 aliphatic rings. The van der Waals surface area contributed by atoms with Gasteiger partial charge in [0.1, 0.15) is 5.01 Å². The van der Waals surface area contributed by atoms with E-state index in [9.17, 15) is 0 Å². The SMILES string of the molecule is CCc1nc(C2(N)CC(C)OC(C)C2)sc1C. The number of nitrogens with zero attached hydrogens (tertiary/aromatic N) is 1. The van der Waals surface area contributed by atoms with Gasteiger partial charge in [0.15, 0.2) is 0 Å². The van der Waals surface area contributed by atoms with Crippen LogP contribution in [-0.2, 0) is 16.7 Å². The van der Waals surface area contributed by atoms with E-state index in [4.69, 9.17) is 15.5 Å². The number of rotatable bonds is 2. The first-order chi connectivity index (χ1) is 7.94. The summed E-state index contributed by atoms with van der Waals surface area (Å²) in [6.07, 6.45) is 3.16. The summed E-state index contributed by atoms with van der Waals surface area (Å²) < 4.78 is 5.76. The van der Waals surface area contributed by atoms with Crippen LogP contribution in [0.4, 0.5) is 0 Å². The van der Waals surface area contributed by atoms with Gasteiger partial charge >= 0.3 is 0 Å². The van der Waals surface area contributed by atoms with E-state index in [1.807, 2.05) is 0 Å². The van der Waals surface area contributed by atoms with Crippen molar-refractivity contribution < 1.29 is 4.74 Å². The Kier molecular flexibility index (Phi) is 3.57. The van der Waals surface area contributed by atoms with Crippen molar-refractivity contribution in [2.75, 3.05) is 0 Å². The van der Waals surface area contributed by atoms with E-state index in [1.165, 1.54) is 10.6 Å². The zero-order chi connectivity index (χ0) is 12.6. The van der Waals surface area contributed by atoms with Gasteiger partial charge in [0.25, 0.3) is 0 Å². The Labute approximate surface area is 107 Å². The molecule has 4 heteroatoms. The number of thiazole rings is 1. The molecule has 1 fully saturated rings. The van der Waals surface area contributed by atoms with Crippen molar-refractivity contribution in [3.05, 3.63) is 15.6 Å². The molecule has 17 heavy (non-hydrogen) atoms. The Hall–Kier alpha value is -0.450. The quantitative estimate of drug-likeness (QED) is 0.883. The minimum absolute atomic E-state index is 0.220. The highest BCUT2D eigenvalue weighted by Crippen LogP contribution is 2.37. The highest BCUT2D eigenvalue weighted by molar-refractivity contribution is 7.11. The molecule has 0 aromatic carbocycles. The van der Waals surface area contributed by atoms with Crippen molar-refractivity contribution >= 4 is 11.3 Å². The van der Waals surface area contributed by atoms with Crippen LogP contribution in [0.3, 0.4) is 0 Å². The number of aromatic nitrogens is 1. The fourth-order valence-corrected chi connectivity index (χ4v) is 3.87. The molecule has 0 spiro atoms. The fraction of sp³-hybridized carbons (Fsp3) is 0.769. The normalized spacial score (nSPS) is 33.9. The number of aryl methyl sites for hydroxylation is 2. The van der Waals surface area contributed by atoms with E-state index in [0.717, 1.165) is 24.3 Å². The van der Waals surface area contributed by atoms with Crippen molar-refractivity contribution in [3.63, 3.8) is 0 Å². The average molecular weight is 254 g/mol. The van der Waals surface area contributed by atoms with Crippen molar-refractivity contribution in [2.45, 2.75) is 64.7 Å². The summed E-state index contributed by atoms with van der Waals surface area (Å²) in [6.45, 7) is 8.47. The monoisotopic (exact) mass is 254 g/mol. The van der Waals surface area contributed by atoms with E-state index < -0.39 is 0 Å². The van der Waals surface area contributed by atoms with Gasteiger partial charge in [-0.05, 0) is 40.0 Å². The molecule has 96 valence electrons. The van der Waals surface area contributed by atoms with Crippen molar-refractivity contribution in [2.24, 2.45) is 5.73 Å². The first-order valence-electron chi connectivity index (χ1n) is 6.35. The van der Waals surface area contributed by atoms with E-state index in [1.54, 1.807) is 11.3 Å². The van der Waals surface area contributed by atoms with Crippen LogP contribution in [0, 0.1) is 6.92 Å². The number of hydrogen-bond donors (Lipinski definition) is 1. The fourth-order valence-electron chi connectivity index (χ4n) is 2.75. The van der Waals surface area contributed by atoms with Crippen molar-refractivity contribution in [3.8, 4) is 0 Å². The van der Waals surface area contributed by atoms with E-state index in [0.29, 0.717) is 0 Å². The molecule has 1 aliphatic heterocycles. The third-order valence-corrected chi connectivity index (χ3v) is 4.65. The summed E-state index contributed by atoms with van der Waals surface area (Å²) in [6, 6.07) is 0. The highest BCUT2D eigenvalue weighted by Gasteiger charge is 2.39. The van der Waals surface area contributed by atoms with Gasteiger partial charge in [-0.2, -0.15) is 0 Å². The topological polar surface area (TPSA) is 48.1 Å². The molecular formula is C13H22N2OS. The smallest absolute Gasteiger partial charge is 0.113 e. The van der Waals surface area contributed by atoms with Gasteiger partial charge in [0, 0.05) is 4.88 Å². The van der Waals surface area contributed by atoms with Crippen molar-refractivity contribution in [1.82, 2.24) is 4.98 Å². The summed E-state index contributed by atoms with van der Waals surface area (Å²) in [5, 5.41) is 1.09. The molecule has 2 N–H and O–H groups in total. The third kappa shape index (κ3) is 2.54. The van der Waals surface area contributed by atoms with Gasteiger partial charge in [-0.1, -0.05) is 6.92 Å². The van der Waals surface area contributed by atoms with Gasteiger partial charge in [0.2, 0.25) is 0 Å². The van der Waals surface area contributed by atoms with E-state index in [-0.39, 0.29) is 17.7 Å². The second kappa shape index (κ2) is 4.67. The molecule has 0 amide bonds. The molecule has 1 aromatic rings. The Morgan fingerprint density at radius 1 is 1.41 bits per heavy atom. The lowest BCUT2D eigenvalue weighted by molar-refractivity contribution is -0.0619. The standard InChI is InChI=1S/C13H22N2OS/c1-5-11-10(4)17-12(15-11)13(14)6-8(2)16-9(3)7-13/h8-9H,5-7,14H2,1-4H3. The maximum Gasteiger partial charge on any atom is 0.113 e. The Morgan fingerprint density at radius 3 is 2.47 bits per heavy atom. The van der Waals surface area contributed by atoms with Crippen LogP contribution in [-0.4, -0.2) is 17.2 Å². The third-order valence-electron chi connectivity index (χ3n) is 3.42. The molecule has 0 bridgehead atoms. The van der Waals surface area contributed by atoms with Gasteiger partial charge in [-0.15, -0.1) is 11.3 Å². The van der Waals surface area contributed by atoms with Crippen LogP contribution in [0.25, 0.3) is 0 Å². The summed E-state index contributed by atoms with van der Waals surface area (Å²) >= 11 is 1.76. The first kappa shape index (κ1) is 13.0. The summed E-state index contributed by atoms with van der Waals surface area (Å²) in [5.74, 6) is 0. The number of nitrogens with two attached hydrogens (primary N) is 1. The van der Waals surface area contributed by atoms with Gasteiger partial charge in [-0.25, -0.2) is 4.98 Å². The second-order valence-electron chi connectivity index (χ2n) is 5.20. The van der Waals surface area contributed by atoms with Crippen molar-refractivity contribution in [1.29, 1.82) is 0 Å². The number of hydrogen-bond acceptors (Lipinski definition) is 4. The predicted molar refractivity (Wildman–Crippen MR) is 71.3 cm³/mol. The lowest BCUT2D eigenvalue weighted by atomic mass is 9.86. The van der Waals surface area contributed by atoms with Gasteiger partial charge in [-0.3, -0.25) is 0 Å². The summed E-state index contributed by atoms with van der Waals surface area (Å²) in [4.78, 5) is 6.04. The van der Waals surface area contributed by atoms with Crippen LogP contribution in [0.15, 0.2) is 0 Å². The zero-order valence-electron chi connectivity index (χ0n) is 11.1. The molecule has 0 aliphatic carbocycles. The molecule has 2 unspecified atom stereocenters. The molecular weight excluding hydrogens is 232 g/mol. The minimum Gasteiger partial charge on any atom is -0.375 e. The molecule has 2 rings (SSSR count). The Morgan fingerprint density at radius 2 is 2.00 bits per heavy atom. The average Bonchev–Trinajstić information content (AvgIpc) is 2.58. The van der Waals surface area contributed by atoms with Gasteiger partial charge < -0.3 is 10.5 Å². The zero-order valence-corrected chi connectivity index (χ0v) is 11.9. The van der Waals surface area contributed by atoms with Crippen LogP contribution in [0.1, 0.15) is 49.2 Å². The Bertz CT molecular complexity index is 392. The van der Waals surface area contributed by atoms with Gasteiger partial charge in [0.05, 0.1) is 23.4 Å². The maximum absolute atomic E-state index is 6.57. The number of ether oxygens (including phenoxy) is 1. The van der Waals surface area contributed by atoms with Crippen LogP contribution < -0.4 is 5.73 Å². The van der Waals surface area contributed by atoms with E-state index in [2.05, 4.69) is 27.7 Å². The van der Waals surface area contributed by atoms with Crippen LogP contribution >= 0.6 is 11.3 Å². The first-order valence-corrected chi connectivity index (χ1v) is 7.17. The predicted octanol–water partition coefficient (Wildman–Crippen LogP) is 2.76. The molecule has 2 atom stereocenters. The van der Waals surface area contributed by atoms with E-state index >= 15 is 0 Å². The minimum atomic E-state index is -0.292. The lowest BCUT2D eigenvalue weighted by Gasteiger charge is -2.38. The molecule has 1 saturated heterocycles. The van der Waals surface area contributed by atoms with Crippen LogP contribution in [0.2, 0.25) is 0 Å². The highest BCUT2D eigenvalue weighted by atomic mass is 32.1. The van der Waals surface area contributed by atoms with Crippen LogP contribution in [0.5, 0.6) is 0 Å². The summed E-state index contributed by atoms with van der Waals surface area (Å²) in [7, 11) is 0. The lowest BCUT2D eigenvalue weighted by Crippen LogP contribution is -2.47. The molecule has 2 heterocycles. The second-order valence-corrected chi connectivity index (χ2v) is 6.40. The molecule has 1 aromatic heterocycles. The molecule has 0 radical (unpaired) electrons. The molecule has 0 saturated carbocycles.